The fraction of sp³-hybridized carbons (Fsp3) is 0.786. The van der Waals surface area contributed by atoms with Gasteiger partial charge in [-0.1, -0.05) is 12.8 Å². The zero-order valence-corrected chi connectivity index (χ0v) is 11.9. The number of likely N-dealkylation sites (tertiary alicyclic amines) is 1. The van der Waals surface area contributed by atoms with E-state index in [2.05, 4.69) is 5.10 Å². The summed E-state index contributed by atoms with van der Waals surface area (Å²) in [7, 11) is 0. The van der Waals surface area contributed by atoms with E-state index in [1.165, 1.54) is 0 Å². The minimum absolute atomic E-state index is 0.0748. The Morgan fingerprint density at radius 1 is 1.25 bits per heavy atom. The lowest BCUT2D eigenvalue weighted by molar-refractivity contribution is -0.149. The number of carbonyl (C=O) groups excluding carboxylic acids is 2. The van der Waals surface area contributed by atoms with E-state index in [0.29, 0.717) is 26.1 Å². The Bertz CT molecular complexity index is 371. The molecule has 0 spiro atoms. The van der Waals surface area contributed by atoms with Crippen LogP contribution in [0.2, 0.25) is 0 Å². The molecule has 0 saturated carbocycles. The van der Waals surface area contributed by atoms with Gasteiger partial charge in [0.2, 0.25) is 5.91 Å². The zero-order chi connectivity index (χ0) is 14.2. The number of esters is 1. The van der Waals surface area contributed by atoms with Crippen LogP contribution in [0.1, 0.15) is 38.5 Å². The van der Waals surface area contributed by atoms with Crippen molar-refractivity contribution in [2.75, 3.05) is 32.8 Å². The molecule has 0 radical (unpaired) electrons. The van der Waals surface area contributed by atoms with Crippen molar-refractivity contribution < 1.29 is 14.3 Å². The van der Waals surface area contributed by atoms with Gasteiger partial charge in [0.05, 0.1) is 6.54 Å². The summed E-state index contributed by atoms with van der Waals surface area (Å²) >= 11 is 0. The lowest BCUT2D eigenvalue weighted by atomic mass is 10.1. The minimum Gasteiger partial charge on any atom is -0.462 e. The molecular weight excluding hydrogens is 258 g/mol. The standard InChI is InChI=1S/C14H23N3O3/c18-13-6-3-1-2-4-8-16(13)12-14(19)20-11-10-17-9-5-7-15-17/h7H,1-6,8-12H2. The van der Waals surface area contributed by atoms with Crippen LogP contribution in [0, 0.1) is 0 Å². The molecule has 2 heterocycles. The maximum Gasteiger partial charge on any atom is 0.325 e. The summed E-state index contributed by atoms with van der Waals surface area (Å²) in [5.41, 5.74) is 0. The van der Waals surface area contributed by atoms with Crippen molar-refractivity contribution in [1.29, 1.82) is 0 Å². The molecule has 1 saturated heterocycles. The summed E-state index contributed by atoms with van der Waals surface area (Å²) in [4.78, 5) is 25.3. The summed E-state index contributed by atoms with van der Waals surface area (Å²) in [6, 6.07) is 0. The molecule has 0 aromatic carbocycles. The van der Waals surface area contributed by atoms with Gasteiger partial charge in [-0.25, -0.2) is 0 Å². The van der Waals surface area contributed by atoms with Gasteiger partial charge in [0.25, 0.3) is 0 Å². The van der Waals surface area contributed by atoms with Crippen molar-refractivity contribution in [3.8, 4) is 0 Å². The summed E-state index contributed by atoms with van der Waals surface area (Å²) in [6.45, 7) is 2.60. The highest BCUT2D eigenvalue weighted by molar-refractivity contribution is 5.82. The molecule has 0 aromatic heterocycles. The number of hydrogen-bond donors (Lipinski definition) is 0. The predicted octanol–water partition coefficient (Wildman–Crippen LogP) is 1.01. The molecule has 6 nitrogen and oxygen atoms in total. The van der Waals surface area contributed by atoms with Crippen LogP contribution in [0.5, 0.6) is 0 Å². The monoisotopic (exact) mass is 281 g/mol. The first-order chi connectivity index (χ1) is 9.75. The van der Waals surface area contributed by atoms with Gasteiger partial charge in [0.15, 0.2) is 0 Å². The Balaban J connectivity index is 1.66. The van der Waals surface area contributed by atoms with Crippen LogP contribution < -0.4 is 0 Å². The first-order valence-electron chi connectivity index (χ1n) is 7.46. The van der Waals surface area contributed by atoms with E-state index in [1.807, 2.05) is 11.2 Å². The number of carbonyl (C=O) groups is 2. The highest BCUT2D eigenvalue weighted by Gasteiger charge is 2.19. The van der Waals surface area contributed by atoms with E-state index in [1.54, 1.807) is 4.90 Å². The largest absolute Gasteiger partial charge is 0.462 e. The van der Waals surface area contributed by atoms with Gasteiger partial charge in [0.1, 0.15) is 13.2 Å². The van der Waals surface area contributed by atoms with Gasteiger partial charge in [-0.05, 0) is 12.8 Å². The molecule has 6 heteroatoms. The lowest BCUT2D eigenvalue weighted by Crippen LogP contribution is -2.38. The van der Waals surface area contributed by atoms with Crippen LogP contribution in [0.3, 0.4) is 0 Å². The first-order valence-corrected chi connectivity index (χ1v) is 7.46. The highest BCUT2D eigenvalue weighted by atomic mass is 16.5. The summed E-state index contributed by atoms with van der Waals surface area (Å²) < 4.78 is 5.18. The van der Waals surface area contributed by atoms with Gasteiger partial charge in [0, 0.05) is 32.1 Å². The molecule has 2 aliphatic heterocycles. The second-order valence-electron chi connectivity index (χ2n) is 5.24. The van der Waals surface area contributed by atoms with Crippen molar-refractivity contribution in [1.82, 2.24) is 9.91 Å². The molecule has 1 fully saturated rings. The van der Waals surface area contributed by atoms with Gasteiger partial charge in [-0.15, -0.1) is 0 Å². The Morgan fingerprint density at radius 2 is 2.10 bits per heavy atom. The highest BCUT2D eigenvalue weighted by Crippen LogP contribution is 2.11. The van der Waals surface area contributed by atoms with Gasteiger partial charge < -0.3 is 9.64 Å². The molecule has 2 rings (SSSR count). The molecule has 0 bridgehead atoms. The number of ether oxygens (including phenoxy) is 1. The Labute approximate surface area is 119 Å². The molecule has 20 heavy (non-hydrogen) atoms. The average Bonchev–Trinajstić information content (AvgIpc) is 2.92. The Hall–Kier alpha value is -1.59. The third-order valence-electron chi connectivity index (χ3n) is 3.62. The number of rotatable bonds is 5. The van der Waals surface area contributed by atoms with Crippen molar-refractivity contribution in [3.05, 3.63) is 0 Å². The third-order valence-corrected chi connectivity index (χ3v) is 3.62. The van der Waals surface area contributed by atoms with Crippen molar-refractivity contribution in [2.45, 2.75) is 38.5 Å². The second kappa shape index (κ2) is 7.87. The zero-order valence-electron chi connectivity index (χ0n) is 11.9. The molecular formula is C14H23N3O3. The van der Waals surface area contributed by atoms with Gasteiger partial charge >= 0.3 is 5.97 Å². The third kappa shape index (κ3) is 4.83. The van der Waals surface area contributed by atoms with Crippen molar-refractivity contribution in [3.63, 3.8) is 0 Å². The molecule has 1 amide bonds. The van der Waals surface area contributed by atoms with E-state index < -0.39 is 0 Å². The van der Waals surface area contributed by atoms with Crippen LogP contribution >= 0.6 is 0 Å². The summed E-state index contributed by atoms with van der Waals surface area (Å²) in [5.74, 6) is -0.243. The SMILES string of the molecule is O=C(CN1CCCCCCC1=O)OCCN1CCC=N1. The van der Waals surface area contributed by atoms with Crippen LogP contribution in [0.15, 0.2) is 5.10 Å². The quantitative estimate of drug-likeness (QED) is 0.706. The number of amides is 1. The molecule has 0 N–H and O–H groups in total. The molecule has 112 valence electrons. The molecule has 0 unspecified atom stereocenters. The number of hydrazone groups is 1. The van der Waals surface area contributed by atoms with E-state index >= 15 is 0 Å². The predicted molar refractivity (Wildman–Crippen MR) is 75.3 cm³/mol. The van der Waals surface area contributed by atoms with Gasteiger partial charge in [-0.3, -0.25) is 14.6 Å². The smallest absolute Gasteiger partial charge is 0.325 e. The van der Waals surface area contributed by atoms with E-state index in [0.717, 1.165) is 38.6 Å². The second-order valence-corrected chi connectivity index (χ2v) is 5.24. The lowest BCUT2D eigenvalue weighted by Gasteiger charge is -2.24. The van der Waals surface area contributed by atoms with E-state index in [4.69, 9.17) is 4.74 Å². The maximum atomic E-state index is 11.9. The Morgan fingerprint density at radius 3 is 2.90 bits per heavy atom. The fourth-order valence-corrected chi connectivity index (χ4v) is 2.46. The van der Waals surface area contributed by atoms with Crippen molar-refractivity contribution >= 4 is 18.1 Å². The summed E-state index contributed by atoms with van der Waals surface area (Å²) in [6.07, 6.45) is 7.51. The number of nitrogens with zero attached hydrogens (tertiary/aromatic N) is 3. The average molecular weight is 281 g/mol. The topological polar surface area (TPSA) is 62.2 Å². The molecule has 0 aromatic rings. The Kier molecular flexibility index (Phi) is 5.83. The van der Waals surface area contributed by atoms with Crippen LogP contribution in [-0.2, 0) is 14.3 Å². The first kappa shape index (κ1) is 14.8. The normalized spacial score (nSPS) is 19.9. The van der Waals surface area contributed by atoms with Gasteiger partial charge in [-0.2, -0.15) is 5.10 Å². The maximum absolute atomic E-state index is 11.9. The molecule has 0 aliphatic carbocycles. The van der Waals surface area contributed by atoms with Crippen LogP contribution in [-0.4, -0.2) is 60.8 Å². The summed E-state index contributed by atoms with van der Waals surface area (Å²) in [5, 5.41) is 6.02. The molecule has 0 atom stereocenters. The van der Waals surface area contributed by atoms with Crippen LogP contribution in [0.4, 0.5) is 0 Å². The molecule has 2 aliphatic rings. The fourth-order valence-electron chi connectivity index (χ4n) is 2.46. The number of hydrogen-bond acceptors (Lipinski definition) is 5. The van der Waals surface area contributed by atoms with E-state index in [-0.39, 0.29) is 18.4 Å². The minimum atomic E-state index is -0.318. The van der Waals surface area contributed by atoms with Crippen molar-refractivity contribution in [2.24, 2.45) is 5.10 Å². The van der Waals surface area contributed by atoms with Crippen LogP contribution in [0.25, 0.3) is 0 Å². The van der Waals surface area contributed by atoms with E-state index in [9.17, 15) is 9.59 Å².